The van der Waals surface area contributed by atoms with E-state index in [0.29, 0.717) is 6.54 Å². The smallest absolute Gasteiger partial charge is 0.410 e. The standard InChI is InChI=1S/C28H29FN2O5S/c1-31(28(33)36-19-20-7-3-2-4-8-20)18-27(32)30-17-22-10-5-9-21-15-25(13-14-26(21)22)37(34,35)24-12-6-11-23(29)16-24/h2-4,6-8,11-16,22H,5,9-10,17-19H2,1H3,(H,30,32)/t22-/m0/s1. The lowest BCUT2D eigenvalue weighted by atomic mass is 9.83. The summed E-state index contributed by atoms with van der Waals surface area (Å²) in [5.41, 5.74) is 2.75. The predicted octanol–water partition coefficient (Wildman–Crippen LogP) is 4.46. The zero-order valence-corrected chi connectivity index (χ0v) is 21.3. The number of carbonyl (C=O) groups is 2. The first kappa shape index (κ1) is 26.3. The average Bonchev–Trinajstić information content (AvgIpc) is 2.90. The third-order valence-corrected chi connectivity index (χ3v) is 8.16. The first-order chi connectivity index (χ1) is 17.7. The van der Waals surface area contributed by atoms with Crippen molar-refractivity contribution < 1.29 is 27.1 Å². The SMILES string of the molecule is CN(CC(=O)NC[C@@H]1CCCc2cc(S(=O)(=O)c3cccc(F)c3)ccc21)C(=O)OCc1ccccc1. The molecule has 1 atom stereocenters. The molecule has 2 amide bonds. The topological polar surface area (TPSA) is 92.8 Å². The minimum Gasteiger partial charge on any atom is -0.445 e. The zero-order valence-electron chi connectivity index (χ0n) is 20.5. The van der Waals surface area contributed by atoms with Crippen LogP contribution in [-0.2, 0) is 32.4 Å². The summed E-state index contributed by atoms with van der Waals surface area (Å²) in [6.07, 6.45) is 1.83. The molecule has 0 radical (unpaired) electrons. The molecule has 0 heterocycles. The van der Waals surface area contributed by atoms with Crippen molar-refractivity contribution in [3.63, 3.8) is 0 Å². The number of nitrogens with one attached hydrogen (secondary N) is 1. The average molecular weight is 525 g/mol. The van der Waals surface area contributed by atoms with Gasteiger partial charge in [0, 0.05) is 19.5 Å². The van der Waals surface area contributed by atoms with Crippen molar-refractivity contribution >= 4 is 21.8 Å². The monoisotopic (exact) mass is 524 g/mol. The summed E-state index contributed by atoms with van der Waals surface area (Å²) in [6, 6.07) is 19.2. The second-order valence-electron chi connectivity index (χ2n) is 9.11. The number of halogens is 1. The normalized spacial score (nSPS) is 14.9. The Morgan fingerprint density at radius 2 is 1.78 bits per heavy atom. The Bertz CT molecular complexity index is 1380. The number of hydrogen-bond donors (Lipinski definition) is 1. The second-order valence-corrected chi connectivity index (χ2v) is 11.1. The van der Waals surface area contributed by atoms with Crippen LogP contribution in [0.15, 0.2) is 82.6 Å². The quantitative estimate of drug-likeness (QED) is 0.470. The van der Waals surface area contributed by atoms with Gasteiger partial charge >= 0.3 is 6.09 Å². The van der Waals surface area contributed by atoms with Gasteiger partial charge in [0.1, 0.15) is 19.0 Å². The van der Waals surface area contributed by atoms with Crippen LogP contribution < -0.4 is 5.32 Å². The van der Waals surface area contributed by atoms with Crippen LogP contribution in [0, 0.1) is 5.82 Å². The number of fused-ring (bicyclic) bond motifs is 1. The molecular formula is C28H29FN2O5S. The third kappa shape index (κ3) is 6.54. The fourth-order valence-corrected chi connectivity index (χ4v) is 5.79. The number of benzene rings is 3. The Kier molecular flexibility index (Phi) is 8.23. The first-order valence-corrected chi connectivity index (χ1v) is 13.5. The summed E-state index contributed by atoms with van der Waals surface area (Å²) in [4.78, 5) is 26.0. The molecule has 1 aliphatic rings. The number of rotatable bonds is 8. The molecule has 0 unspecified atom stereocenters. The van der Waals surface area contributed by atoms with Gasteiger partial charge in [-0.15, -0.1) is 0 Å². The highest BCUT2D eigenvalue weighted by Gasteiger charge is 2.25. The van der Waals surface area contributed by atoms with Gasteiger partial charge in [0.25, 0.3) is 0 Å². The lowest BCUT2D eigenvalue weighted by Gasteiger charge is -2.26. The van der Waals surface area contributed by atoms with E-state index >= 15 is 0 Å². The zero-order chi connectivity index (χ0) is 26.4. The van der Waals surface area contributed by atoms with E-state index in [1.54, 1.807) is 12.1 Å². The van der Waals surface area contributed by atoms with E-state index in [9.17, 15) is 22.4 Å². The number of likely N-dealkylation sites (N-methyl/N-ethyl adjacent to an activating group) is 1. The maximum Gasteiger partial charge on any atom is 0.410 e. The van der Waals surface area contributed by atoms with Crippen molar-refractivity contribution in [2.24, 2.45) is 0 Å². The van der Waals surface area contributed by atoms with E-state index < -0.39 is 21.7 Å². The molecule has 1 aliphatic carbocycles. The number of sulfone groups is 1. The second kappa shape index (κ2) is 11.6. The summed E-state index contributed by atoms with van der Waals surface area (Å²) >= 11 is 0. The lowest BCUT2D eigenvalue weighted by Crippen LogP contribution is -2.40. The summed E-state index contributed by atoms with van der Waals surface area (Å²) in [6.45, 7) is 0.355. The molecule has 4 rings (SSSR count). The van der Waals surface area contributed by atoms with Crippen molar-refractivity contribution in [3.8, 4) is 0 Å². The van der Waals surface area contributed by atoms with Crippen molar-refractivity contribution in [1.29, 1.82) is 0 Å². The highest BCUT2D eigenvalue weighted by Crippen LogP contribution is 2.34. The van der Waals surface area contributed by atoms with Gasteiger partial charge in [-0.2, -0.15) is 0 Å². The van der Waals surface area contributed by atoms with E-state index in [1.807, 2.05) is 30.3 Å². The fraction of sp³-hybridized carbons (Fsp3) is 0.286. The van der Waals surface area contributed by atoms with Crippen molar-refractivity contribution in [3.05, 3.63) is 95.3 Å². The Hall–Kier alpha value is -3.72. The van der Waals surface area contributed by atoms with Gasteiger partial charge in [-0.3, -0.25) is 4.79 Å². The molecular weight excluding hydrogens is 495 g/mol. The molecule has 0 saturated heterocycles. The number of hydrogen-bond acceptors (Lipinski definition) is 5. The van der Waals surface area contributed by atoms with Crippen molar-refractivity contribution in [2.75, 3.05) is 20.1 Å². The van der Waals surface area contributed by atoms with Crippen LogP contribution in [0.3, 0.4) is 0 Å². The van der Waals surface area contributed by atoms with Crippen LogP contribution in [0.25, 0.3) is 0 Å². The fourth-order valence-electron chi connectivity index (χ4n) is 4.44. The Balaban J connectivity index is 1.34. The Labute approximate surface area is 216 Å². The molecule has 0 fully saturated rings. The van der Waals surface area contributed by atoms with Gasteiger partial charge < -0.3 is 15.0 Å². The minimum atomic E-state index is -3.84. The molecule has 37 heavy (non-hydrogen) atoms. The summed E-state index contributed by atoms with van der Waals surface area (Å²) in [5.74, 6) is -0.893. The molecule has 0 aromatic heterocycles. The van der Waals surface area contributed by atoms with Gasteiger partial charge in [0.05, 0.1) is 9.79 Å². The molecule has 0 saturated carbocycles. The highest BCUT2D eigenvalue weighted by molar-refractivity contribution is 7.91. The van der Waals surface area contributed by atoms with Gasteiger partial charge in [-0.1, -0.05) is 42.5 Å². The van der Waals surface area contributed by atoms with Crippen LogP contribution in [0.2, 0.25) is 0 Å². The van der Waals surface area contributed by atoms with Gasteiger partial charge in [0.15, 0.2) is 0 Å². The van der Waals surface area contributed by atoms with E-state index in [2.05, 4.69) is 5.32 Å². The minimum absolute atomic E-state index is 0.0222. The van der Waals surface area contributed by atoms with Crippen LogP contribution in [0.5, 0.6) is 0 Å². The lowest BCUT2D eigenvalue weighted by molar-refractivity contribution is -0.121. The number of ether oxygens (including phenoxy) is 1. The molecule has 0 spiro atoms. The molecule has 194 valence electrons. The van der Waals surface area contributed by atoms with Crippen LogP contribution in [0.4, 0.5) is 9.18 Å². The molecule has 9 heteroatoms. The molecule has 0 aliphatic heterocycles. The van der Waals surface area contributed by atoms with E-state index in [-0.39, 0.29) is 34.8 Å². The van der Waals surface area contributed by atoms with Gasteiger partial charge in [0.2, 0.25) is 15.7 Å². The summed E-state index contributed by atoms with van der Waals surface area (Å²) < 4.78 is 44.8. The highest BCUT2D eigenvalue weighted by atomic mass is 32.2. The van der Waals surface area contributed by atoms with E-state index in [1.165, 1.54) is 36.2 Å². The summed E-state index contributed by atoms with van der Waals surface area (Å²) in [7, 11) is -2.34. The predicted molar refractivity (Wildman–Crippen MR) is 136 cm³/mol. The Morgan fingerprint density at radius 3 is 2.54 bits per heavy atom. The van der Waals surface area contributed by atoms with Crippen molar-refractivity contribution in [1.82, 2.24) is 10.2 Å². The Morgan fingerprint density at radius 1 is 1.03 bits per heavy atom. The van der Waals surface area contributed by atoms with Gasteiger partial charge in [-0.25, -0.2) is 17.6 Å². The van der Waals surface area contributed by atoms with Crippen molar-refractivity contribution in [2.45, 2.75) is 41.6 Å². The van der Waals surface area contributed by atoms with Crippen LogP contribution >= 0.6 is 0 Å². The molecule has 3 aromatic rings. The first-order valence-electron chi connectivity index (χ1n) is 12.1. The molecule has 3 aromatic carbocycles. The van der Waals surface area contributed by atoms with Crippen LogP contribution in [0.1, 0.15) is 35.4 Å². The van der Waals surface area contributed by atoms with Gasteiger partial charge in [-0.05, 0) is 66.3 Å². The number of aryl methyl sites for hydroxylation is 1. The van der Waals surface area contributed by atoms with E-state index in [0.717, 1.165) is 42.0 Å². The maximum atomic E-state index is 13.6. The molecule has 0 bridgehead atoms. The summed E-state index contributed by atoms with van der Waals surface area (Å²) in [5, 5.41) is 2.88. The van der Waals surface area contributed by atoms with Crippen LogP contribution in [-0.4, -0.2) is 45.5 Å². The third-order valence-electron chi connectivity index (χ3n) is 6.41. The molecule has 7 nitrogen and oxygen atoms in total. The largest absolute Gasteiger partial charge is 0.445 e. The number of nitrogens with zero attached hydrogens (tertiary/aromatic N) is 1. The maximum absolute atomic E-state index is 13.6. The van der Waals surface area contributed by atoms with E-state index in [4.69, 9.17) is 4.74 Å². The number of carbonyl (C=O) groups excluding carboxylic acids is 2. The number of amides is 2. The molecule has 1 N–H and O–H groups in total.